The van der Waals surface area contributed by atoms with E-state index in [1.807, 2.05) is 0 Å². The molecule has 0 saturated carbocycles. The van der Waals surface area contributed by atoms with Crippen LogP contribution in [0.15, 0.2) is 158 Å². The monoisotopic (exact) mass is 700 g/mol. The molecule has 0 spiro atoms. The number of fused-ring (bicyclic) bond motifs is 8. The van der Waals surface area contributed by atoms with Crippen molar-refractivity contribution in [3.63, 3.8) is 0 Å². The third-order valence-electron chi connectivity index (χ3n) is 11.9. The molecule has 0 radical (unpaired) electrons. The van der Waals surface area contributed by atoms with Crippen LogP contribution in [0.3, 0.4) is 0 Å². The summed E-state index contributed by atoms with van der Waals surface area (Å²) in [7, 11) is -2.85. The highest BCUT2D eigenvalue weighted by Crippen LogP contribution is 2.41. The molecule has 0 aliphatic carbocycles. The van der Waals surface area contributed by atoms with Gasteiger partial charge in [-0.25, -0.2) is 0 Å². The number of hydrogen-bond acceptors (Lipinski definition) is 0. The summed E-state index contributed by atoms with van der Waals surface area (Å²) >= 11 is 0. The number of benzene rings is 7. The quantitative estimate of drug-likeness (QED) is 0.162. The maximum Gasteiger partial charge on any atom is 0.184 e. The summed E-state index contributed by atoms with van der Waals surface area (Å²) in [4.78, 5) is 0. The summed E-state index contributed by atoms with van der Waals surface area (Å²) in [6.07, 6.45) is 0. The fourth-order valence-electron chi connectivity index (χ4n) is 9.28. The van der Waals surface area contributed by atoms with Gasteiger partial charge in [-0.2, -0.15) is 0 Å². The molecule has 3 heteroatoms. The molecule has 9 aromatic rings. The van der Waals surface area contributed by atoms with Gasteiger partial charge in [0.05, 0.1) is 22.1 Å². The van der Waals surface area contributed by atoms with Gasteiger partial charge in [0.2, 0.25) is 0 Å². The zero-order valence-corrected chi connectivity index (χ0v) is 32.4. The third-order valence-corrected chi connectivity index (χ3v) is 16.7. The zero-order chi connectivity index (χ0) is 36.3. The first-order valence-electron chi connectivity index (χ1n) is 18.9. The van der Waals surface area contributed by atoms with E-state index in [0.29, 0.717) is 0 Å². The first kappa shape index (κ1) is 32.0. The maximum atomic E-state index is 2.58. The molecule has 0 fully saturated rings. The fourth-order valence-corrected chi connectivity index (χ4v) is 14.4. The van der Waals surface area contributed by atoms with E-state index < -0.39 is 8.07 Å². The SMILES string of the molecule is CC(C)(C)c1ccc2c(c1)c1cc(C(C)(C)C)ccc1n2-c1cc2c3c(c1)c1ccccc1n3-c1ccccc1[Si]2(c1ccccc1)c1ccccc1. The average molecular weight is 701 g/mol. The van der Waals surface area contributed by atoms with E-state index in [9.17, 15) is 0 Å². The summed E-state index contributed by atoms with van der Waals surface area (Å²) in [5.41, 5.74) is 10.4. The van der Waals surface area contributed by atoms with Crippen LogP contribution in [0.2, 0.25) is 0 Å². The molecule has 0 atom stereocenters. The Hall–Kier alpha value is -5.64. The first-order valence-corrected chi connectivity index (χ1v) is 20.9. The largest absolute Gasteiger partial charge is 0.309 e. The predicted molar refractivity (Wildman–Crippen MR) is 230 cm³/mol. The van der Waals surface area contributed by atoms with Gasteiger partial charge in [0.25, 0.3) is 0 Å². The standard InChI is InChI=1S/C50H44N2Si/c1-49(2,3)33-25-27-43-39(29-33)40-30-34(50(4,5)6)26-28-44(40)51(43)35-31-41-38-21-13-14-22-42(38)52-45-23-15-16-24-46(45)53(47(32-35)48(41)52,36-17-9-7-10-18-36)37-19-11-8-12-20-37/h7-32H,1-6H3. The van der Waals surface area contributed by atoms with Crippen molar-refractivity contribution in [2.45, 2.75) is 52.4 Å². The molecular weight excluding hydrogens is 657 g/mol. The fraction of sp³-hybridized carbons (Fsp3) is 0.160. The van der Waals surface area contributed by atoms with Gasteiger partial charge in [0, 0.05) is 32.9 Å². The number of hydrogen-bond donors (Lipinski definition) is 0. The van der Waals surface area contributed by atoms with Gasteiger partial charge < -0.3 is 9.13 Å². The van der Waals surface area contributed by atoms with Crippen molar-refractivity contribution < 1.29 is 0 Å². The molecule has 3 heterocycles. The van der Waals surface area contributed by atoms with Crippen molar-refractivity contribution in [2.24, 2.45) is 0 Å². The van der Waals surface area contributed by atoms with E-state index in [-0.39, 0.29) is 10.8 Å². The van der Waals surface area contributed by atoms with E-state index in [2.05, 4.69) is 208 Å². The van der Waals surface area contributed by atoms with Crippen molar-refractivity contribution in [1.82, 2.24) is 9.13 Å². The van der Waals surface area contributed by atoms with Crippen molar-refractivity contribution in [3.05, 3.63) is 169 Å². The minimum atomic E-state index is -2.85. The lowest BCUT2D eigenvalue weighted by atomic mass is 9.85. The topological polar surface area (TPSA) is 9.86 Å². The van der Waals surface area contributed by atoms with E-state index in [1.165, 1.54) is 86.9 Å². The van der Waals surface area contributed by atoms with Gasteiger partial charge in [-0.05, 0) is 91.2 Å². The molecule has 0 amide bonds. The van der Waals surface area contributed by atoms with Crippen LogP contribution in [0.1, 0.15) is 52.7 Å². The Bertz CT molecular complexity index is 2780. The summed E-state index contributed by atoms with van der Waals surface area (Å²) in [6, 6.07) is 60.4. The molecule has 1 aliphatic heterocycles. The Morgan fingerprint density at radius 2 is 0.906 bits per heavy atom. The molecule has 2 aromatic heterocycles. The Kier molecular flexibility index (Phi) is 6.76. The molecule has 2 nitrogen and oxygen atoms in total. The number of nitrogens with zero attached hydrogens (tertiary/aromatic N) is 2. The van der Waals surface area contributed by atoms with Crippen LogP contribution in [0, 0.1) is 0 Å². The molecule has 0 unspecified atom stereocenters. The third kappa shape index (κ3) is 4.50. The maximum absolute atomic E-state index is 2.85. The summed E-state index contributed by atoms with van der Waals surface area (Å²) < 4.78 is 5.12. The molecule has 0 bridgehead atoms. The summed E-state index contributed by atoms with van der Waals surface area (Å²) in [5.74, 6) is 0. The van der Waals surface area contributed by atoms with Gasteiger partial charge in [-0.15, -0.1) is 0 Å². The lowest BCUT2D eigenvalue weighted by molar-refractivity contribution is 0.590. The minimum absolute atomic E-state index is 0.0408. The second kappa shape index (κ2) is 11.2. The normalized spacial score (nSPS) is 14.0. The second-order valence-electron chi connectivity index (χ2n) is 17.0. The van der Waals surface area contributed by atoms with E-state index in [1.54, 1.807) is 0 Å². The summed E-state index contributed by atoms with van der Waals surface area (Å²) in [6.45, 7) is 13.9. The molecule has 10 rings (SSSR count). The summed E-state index contributed by atoms with van der Waals surface area (Å²) in [5, 5.41) is 10.9. The predicted octanol–water partition coefficient (Wildman–Crippen LogP) is 10.2. The van der Waals surface area contributed by atoms with Crippen LogP contribution in [0.5, 0.6) is 0 Å². The first-order chi connectivity index (χ1) is 25.6. The van der Waals surface area contributed by atoms with E-state index in [4.69, 9.17) is 0 Å². The lowest BCUT2D eigenvalue weighted by Gasteiger charge is -2.40. The van der Waals surface area contributed by atoms with E-state index >= 15 is 0 Å². The van der Waals surface area contributed by atoms with Crippen molar-refractivity contribution in [2.75, 3.05) is 0 Å². The molecule has 1 aliphatic rings. The lowest BCUT2D eigenvalue weighted by Crippen LogP contribution is -2.76. The minimum Gasteiger partial charge on any atom is -0.309 e. The van der Waals surface area contributed by atoms with Crippen LogP contribution >= 0.6 is 0 Å². The Morgan fingerprint density at radius 3 is 1.49 bits per heavy atom. The van der Waals surface area contributed by atoms with Crippen LogP contribution in [0.4, 0.5) is 0 Å². The molecular formula is C50H44N2Si. The Balaban J connectivity index is 1.42. The molecule has 0 saturated heterocycles. The highest BCUT2D eigenvalue weighted by atomic mass is 28.3. The van der Waals surface area contributed by atoms with Crippen LogP contribution in [-0.4, -0.2) is 17.2 Å². The second-order valence-corrected chi connectivity index (χ2v) is 20.8. The van der Waals surface area contributed by atoms with Crippen LogP contribution < -0.4 is 20.7 Å². The molecule has 0 N–H and O–H groups in total. The number of rotatable bonds is 3. The van der Waals surface area contributed by atoms with Crippen LogP contribution in [-0.2, 0) is 10.8 Å². The van der Waals surface area contributed by atoms with Gasteiger partial charge in [-0.1, -0.05) is 151 Å². The number of para-hydroxylation sites is 2. The van der Waals surface area contributed by atoms with Crippen LogP contribution in [0.25, 0.3) is 55.0 Å². The number of aromatic nitrogens is 2. The average Bonchev–Trinajstić information content (AvgIpc) is 3.68. The van der Waals surface area contributed by atoms with Gasteiger partial charge in [-0.3, -0.25) is 0 Å². The van der Waals surface area contributed by atoms with Gasteiger partial charge >= 0.3 is 0 Å². The van der Waals surface area contributed by atoms with Crippen molar-refractivity contribution in [3.8, 4) is 11.4 Å². The van der Waals surface area contributed by atoms with Crippen molar-refractivity contribution >= 4 is 72.4 Å². The van der Waals surface area contributed by atoms with Gasteiger partial charge in [0.15, 0.2) is 8.07 Å². The zero-order valence-electron chi connectivity index (χ0n) is 31.4. The highest BCUT2D eigenvalue weighted by molar-refractivity contribution is 7.21. The Morgan fingerprint density at radius 1 is 0.396 bits per heavy atom. The van der Waals surface area contributed by atoms with Gasteiger partial charge in [0.1, 0.15) is 0 Å². The smallest absolute Gasteiger partial charge is 0.184 e. The molecule has 53 heavy (non-hydrogen) atoms. The van der Waals surface area contributed by atoms with E-state index in [0.717, 1.165) is 0 Å². The molecule has 258 valence electrons. The Labute approximate surface area is 313 Å². The molecule has 7 aromatic carbocycles. The van der Waals surface area contributed by atoms with Crippen molar-refractivity contribution in [1.29, 1.82) is 0 Å². The highest BCUT2D eigenvalue weighted by Gasteiger charge is 2.48.